The van der Waals surface area contributed by atoms with Crippen LogP contribution in [0.4, 0.5) is 5.69 Å². The maximum atomic E-state index is 9.69. The topological polar surface area (TPSA) is 36.4 Å². The Balaban J connectivity index is 2.04. The SMILES string of the molecule is CC[C@H](O)c1ccc(N(C)Cc2cccs2)cn1. The monoisotopic (exact) mass is 262 g/mol. The molecule has 0 amide bonds. The highest BCUT2D eigenvalue weighted by Crippen LogP contribution is 2.20. The van der Waals surface area contributed by atoms with E-state index >= 15 is 0 Å². The van der Waals surface area contributed by atoms with Gasteiger partial charge in [-0.15, -0.1) is 11.3 Å². The lowest BCUT2D eigenvalue weighted by molar-refractivity contribution is 0.169. The van der Waals surface area contributed by atoms with Gasteiger partial charge in [0.1, 0.15) is 0 Å². The predicted molar refractivity (Wildman–Crippen MR) is 75.9 cm³/mol. The van der Waals surface area contributed by atoms with Crippen LogP contribution in [0.3, 0.4) is 0 Å². The van der Waals surface area contributed by atoms with E-state index in [0.717, 1.165) is 17.9 Å². The first-order valence-electron chi connectivity index (χ1n) is 6.08. The number of aliphatic hydroxyl groups excluding tert-OH is 1. The van der Waals surface area contributed by atoms with Gasteiger partial charge in [-0.25, -0.2) is 0 Å². The third-order valence-electron chi connectivity index (χ3n) is 2.91. The molecule has 1 N–H and O–H groups in total. The summed E-state index contributed by atoms with van der Waals surface area (Å²) in [7, 11) is 2.05. The van der Waals surface area contributed by atoms with Gasteiger partial charge < -0.3 is 10.0 Å². The van der Waals surface area contributed by atoms with Gasteiger partial charge in [0.05, 0.1) is 30.2 Å². The highest BCUT2D eigenvalue weighted by Gasteiger charge is 2.08. The summed E-state index contributed by atoms with van der Waals surface area (Å²) in [5.41, 5.74) is 1.81. The molecule has 0 aromatic carbocycles. The molecule has 0 spiro atoms. The van der Waals surface area contributed by atoms with E-state index < -0.39 is 6.10 Å². The summed E-state index contributed by atoms with van der Waals surface area (Å²) in [6.45, 7) is 2.83. The summed E-state index contributed by atoms with van der Waals surface area (Å²) >= 11 is 1.76. The standard InChI is InChI=1S/C14H18N2OS/c1-3-14(17)13-7-6-11(9-15-13)16(2)10-12-5-4-8-18-12/h4-9,14,17H,3,10H2,1-2H3/t14-/m0/s1. The maximum absolute atomic E-state index is 9.69. The van der Waals surface area contributed by atoms with Gasteiger partial charge in [0.15, 0.2) is 0 Å². The number of thiophene rings is 1. The second kappa shape index (κ2) is 5.98. The van der Waals surface area contributed by atoms with Crippen molar-refractivity contribution in [2.45, 2.75) is 26.0 Å². The van der Waals surface area contributed by atoms with Gasteiger partial charge >= 0.3 is 0 Å². The van der Waals surface area contributed by atoms with E-state index in [4.69, 9.17) is 0 Å². The van der Waals surface area contributed by atoms with Crippen molar-refractivity contribution < 1.29 is 5.11 Å². The average Bonchev–Trinajstić information content (AvgIpc) is 2.91. The van der Waals surface area contributed by atoms with Gasteiger partial charge in [0.2, 0.25) is 0 Å². The van der Waals surface area contributed by atoms with Crippen LogP contribution in [0.25, 0.3) is 0 Å². The van der Waals surface area contributed by atoms with Crippen molar-refractivity contribution in [3.05, 3.63) is 46.4 Å². The summed E-state index contributed by atoms with van der Waals surface area (Å²) in [6.07, 6.45) is 2.06. The fourth-order valence-corrected chi connectivity index (χ4v) is 2.51. The van der Waals surface area contributed by atoms with Crippen molar-refractivity contribution in [2.24, 2.45) is 0 Å². The molecule has 2 heterocycles. The number of nitrogens with zero attached hydrogens (tertiary/aromatic N) is 2. The van der Waals surface area contributed by atoms with Gasteiger partial charge in [0, 0.05) is 11.9 Å². The molecular weight excluding hydrogens is 244 g/mol. The number of hydrogen-bond acceptors (Lipinski definition) is 4. The van der Waals surface area contributed by atoms with Crippen LogP contribution in [-0.4, -0.2) is 17.1 Å². The van der Waals surface area contributed by atoms with E-state index in [-0.39, 0.29) is 0 Å². The fourth-order valence-electron chi connectivity index (χ4n) is 1.76. The molecule has 0 radical (unpaired) electrons. The van der Waals surface area contributed by atoms with Crippen molar-refractivity contribution in [2.75, 3.05) is 11.9 Å². The summed E-state index contributed by atoms with van der Waals surface area (Å²) in [5.74, 6) is 0. The first-order valence-corrected chi connectivity index (χ1v) is 6.96. The van der Waals surface area contributed by atoms with Gasteiger partial charge in [-0.2, -0.15) is 0 Å². The lowest BCUT2D eigenvalue weighted by Gasteiger charge is -2.18. The number of aliphatic hydroxyl groups is 1. The Morgan fingerprint density at radius 2 is 2.22 bits per heavy atom. The largest absolute Gasteiger partial charge is 0.387 e. The zero-order valence-electron chi connectivity index (χ0n) is 10.7. The molecular formula is C14H18N2OS. The molecule has 0 unspecified atom stereocenters. The molecule has 2 rings (SSSR count). The number of rotatable bonds is 5. The number of aromatic nitrogens is 1. The minimum atomic E-state index is -0.457. The lowest BCUT2D eigenvalue weighted by Crippen LogP contribution is -2.16. The number of anilines is 1. The third-order valence-corrected chi connectivity index (χ3v) is 3.77. The van der Waals surface area contributed by atoms with Crippen LogP contribution in [0.5, 0.6) is 0 Å². The van der Waals surface area contributed by atoms with Crippen LogP contribution in [-0.2, 0) is 6.54 Å². The van der Waals surface area contributed by atoms with Crippen LogP contribution in [0, 0.1) is 0 Å². The predicted octanol–water partition coefficient (Wildman–Crippen LogP) is 3.22. The molecule has 18 heavy (non-hydrogen) atoms. The molecule has 0 bridgehead atoms. The van der Waals surface area contributed by atoms with Crippen LogP contribution >= 0.6 is 11.3 Å². The molecule has 2 aromatic heterocycles. The molecule has 96 valence electrons. The molecule has 4 heteroatoms. The van der Waals surface area contributed by atoms with Gasteiger partial charge in [-0.05, 0) is 30.0 Å². The second-order valence-electron chi connectivity index (χ2n) is 4.30. The summed E-state index contributed by atoms with van der Waals surface area (Å²) < 4.78 is 0. The van der Waals surface area contributed by atoms with Gasteiger partial charge in [-0.3, -0.25) is 4.98 Å². The highest BCUT2D eigenvalue weighted by atomic mass is 32.1. The minimum Gasteiger partial charge on any atom is -0.387 e. The van der Waals surface area contributed by atoms with E-state index in [1.54, 1.807) is 11.3 Å². The number of hydrogen-bond donors (Lipinski definition) is 1. The van der Waals surface area contributed by atoms with Crippen molar-refractivity contribution in [1.29, 1.82) is 0 Å². The molecule has 1 atom stereocenters. The molecule has 0 saturated carbocycles. The lowest BCUT2D eigenvalue weighted by atomic mass is 10.2. The van der Waals surface area contributed by atoms with E-state index in [1.165, 1.54) is 4.88 Å². The molecule has 0 saturated heterocycles. The van der Waals surface area contributed by atoms with Crippen LogP contribution in [0.1, 0.15) is 30.0 Å². The summed E-state index contributed by atoms with van der Waals surface area (Å²) in [4.78, 5) is 7.79. The molecule has 3 nitrogen and oxygen atoms in total. The average molecular weight is 262 g/mol. The Bertz CT molecular complexity index is 467. The number of pyridine rings is 1. The van der Waals surface area contributed by atoms with E-state index in [1.807, 2.05) is 32.3 Å². The van der Waals surface area contributed by atoms with Gasteiger partial charge in [0.25, 0.3) is 0 Å². The Morgan fingerprint density at radius 1 is 1.39 bits per heavy atom. The fraction of sp³-hybridized carbons (Fsp3) is 0.357. The Hall–Kier alpha value is -1.39. The molecule has 2 aromatic rings. The quantitative estimate of drug-likeness (QED) is 0.898. The van der Waals surface area contributed by atoms with E-state index in [9.17, 15) is 5.11 Å². The van der Waals surface area contributed by atoms with Gasteiger partial charge in [-0.1, -0.05) is 13.0 Å². The third kappa shape index (κ3) is 3.09. The first kappa shape index (κ1) is 13.1. The molecule has 0 aliphatic carbocycles. The zero-order chi connectivity index (χ0) is 13.0. The minimum absolute atomic E-state index is 0.457. The normalized spacial score (nSPS) is 12.4. The van der Waals surface area contributed by atoms with Crippen LogP contribution < -0.4 is 4.90 Å². The highest BCUT2D eigenvalue weighted by molar-refractivity contribution is 7.09. The zero-order valence-corrected chi connectivity index (χ0v) is 11.5. The van der Waals surface area contributed by atoms with Crippen molar-refractivity contribution in [3.8, 4) is 0 Å². The van der Waals surface area contributed by atoms with E-state index in [0.29, 0.717) is 6.42 Å². The summed E-state index contributed by atoms with van der Waals surface area (Å²) in [5, 5.41) is 11.8. The van der Waals surface area contributed by atoms with Crippen molar-refractivity contribution >= 4 is 17.0 Å². The summed E-state index contributed by atoms with van der Waals surface area (Å²) in [6, 6.07) is 8.10. The first-order chi connectivity index (χ1) is 8.70. The Kier molecular flexibility index (Phi) is 4.33. The smallest absolute Gasteiger partial charge is 0.0957 e. The molecule has 0 fully saturated rings. The van der Waals surface area contributed by atoms with E-state index in [2.05, 4.69) is 27.4 Å². The van der Waals surface area contributed by atoms with Crippen LogP contribution in [0.2, 0.25) is 0 Å². The maximum Gasteiger partial charge on any atom is 0.0957 e. The Labute approximate surface area is 112 Å². The van der Waals surface area contributed by atoms with Crippen molar-refractivity contribution in [3.63, 3.8) is 0 Å². The van der Waals surface area contributed by atoms with Crippen LogP contribution in [0.15, 0.2) is 35.8 Å². The van der Waals surface area contributed by atoms with Crippen molar-refractivity contribution in [1.82, 2.24) is 4.98 Å². The second-order valence-corrected chi connectivity index (χ2v) is 5.33. The Morgan fingerprint density at radius 3 is 2.78 bits per heavy atom. The molecule has 0 aliphatic heterocycles. The molecule has 0 aliphatic rings.